The van der Waals surface area contributed by atoms with Gasteiger partial charge in [0, 0.05) is 50.1 Å². The van der Waals surface area contributed by atoms with Gasteiger partial charge >= 0.3 is 0 Å². The molecule has 4 nitrogen and oxygen atoms in total. The first-order valence-electron chi connectivity index (χ1n) is 17.0. The summed E-state index contributed by atoms with van der Waals surface area (Å²) in [4.78, 5) is 0. The number of hydrogen-bond donors (Lipinski definition) is 0. The number of ether oxygens (including phenoxy) is 1. The first-order chi connectivity index (χ1) is 24.3. The minimum Gasteiger partial charge on any atom is -0.456 e. The van der Waals surface area contributed by atoms with Crippen LogP contribution in [-0.4, -0.2) is 21.8 Å². The van der Waals surface area contributed by atoms with Crippen molar-refractivity contribution in [1.82, 2.24) is 9.13 Å². The van der Waals surface area contributed by atoms with Crippen LogP contribution in [0.2, 0.25) is 0 Å². The van der Waals surface area contributed by atoms with Crippen molar-refractivity contribution in [3.63, 3.8) is 0 Å². The molecule has 1 fully saturated rings. The minimum absolute atomic E-state index is 0.365. The van der Waals surface area contributed by atoms with Crippen molar-refractivity contribution in [2.45, 2.75) is 12.5 Å². The number of hydrogen-bond acceptors (Lipinski definition) is 2. The molecular formula is C45H30N2O2. The molecule has 1 aliphatic rings. The molecule has 0 saturated carbocycles. The van der Waals surface area contributed by atoms with Crippen molar-refractivity contribution in [3.05, 3.63) is 157 Å². The SMILES string of the molecule is c1ccc(-n2c3ccccc3c3cc(-c4ccc5oc6ccc(-n7c8ccccc8c8cc(CC9CO9)ccc87)cc6c5c4)ccc32)cc1. The van der Waals surface area contributed by atoms with Gasteiger partial charge in [0.2, 0.25) is 0 Å². The molecule has 232 valence electrons. The maximum Gasteiger partial charge on any atom is 0.135 e. The fraction of sp³-hybridized carbons (Fsp3) is 0.0667. The monoisotopic (exact) mass is 630 g/mol. The summed E-state index contributed by atoms with van der Waals surface area (Å²) in [5.41, 5.74) is 12.6. The summed E-state index contributed by atoms with van der Waals surface area (Å²) in [5.74, 6) is 0. The van der Waals surface area contributed by atoms with E-state index in [1.165, 1.54) is 66.0 Å². The van der Waals surface area contributed by atoms with Gasteiger partial charge < -0.3 is 18.3 Å². The Kier molecular flexibility index (Phi) is 5.60. The van der Waals surface area contributed by atoms with E-state index in [9.17, 15) is 0 Å². The topological polar surface area (TPSA) is 35.5 Å². The Morgan fingerprint density at radius 2 is 1.00 bits per heavy atom. The Hall–Kier alpha value is -6.10. The molecule has 0 radical (unpaired) electrons. The van der Waals surface area contributed by atoms with Crippen LogP contribution in [0.4, 0.5) is 0 Å². The molecule has 4 heteroatoms. The van der Waals surface area contributed by atoms with E-state index in [0.717, 1.165) is 40.7 Å². The number of benzene rings is 7. The maximum absolute atomic E-state index is 6.40. The highest BCUT2D eigenvalue weighted by Crippen LogP contribution is 2.39. The Labute approximate surface area is 282 Å². The number of nitrogens with zero attached hydrogens (tertiary/aromatic N) is 2. The van der Waals surface area contributed by atoms with Crippen molar-refractivity contribution < 1.29 is 9.15 Å². The van der Waals surface area contributed by atoms with Crippen LogP contribution in [0.25, 0.3) is 88.1 Å². The molecule has 11 rings (SSSR count). The number of fused-ring (bicyclic) bond motifs is 9. The average molecular weight is 631 g/mol. The molecule has 1 aliphatic heterocycles. The van der Waals surface area contributed by atoms with Crippen LogP contribution in [-0.2, 0) is 11.2 Å². The molecule has 3 aromatic heterocycles. The van der Waals surface area contributed by atoms with Crippen LogP contribution in [0.3, 0.4) is 0 Å². The second-order valence-electron chi connectivity index (χ2n) is 13.3. The second-order valence-corrected chi connectivity index (χ2v) is 13.3. The molecule has 49 heavy (non-hydrogen) atoms. The van der Waals surface area contributed by atoms with Crippen molar-refractivity contribution in [1.29, 1.82) is 0 Å². The Balaban J connectivity index is 1.07. The molecule has 0 bridgehead atoms. The third-order valence-corrected chi connectivity index (χ3v) is 10.3. The zero-order valence-electron chi connectivity index (χ0n) is 26.6. The van der Waals surface area contributed by atoms with Gasteiger partial charge in [0.25, 0.3) is 0 Å². The summed E-state index contributed by atoms with van der Waals surface area (Å²) < 4.78 is 16.7. The molecule has 7 aromatic carbocycles. The van der Waals surface area contributed by atoms with E-state index in [4.69, 9.17) is 9.15 Å². The van der Waals surface area contributed by atoms with E-state index in [2.05, 4.69) is 161 Å². The van der Waals surface area contributed by atoms with Crippen LogP contribution in [0.1, 0.15) is 5.56 Å². The largest absolute Gasteiger partial charge is 0.456 e. The summed E-state index contributed by atoms with van der Waals surface area (Å²) in [5, 5.41) is 7.27. The van der Waals surface area contributed by atoms with Gasteiger partial charge in [-0.2, -0.15) is 0 Å². The summed E-state index contributed by atoms with van der Waals surface area (Å²) in [6.45, 7) is 0.869. The lowest BCUT2D eigenvalue weighted by Gasteiger charge is -2.09. The van der Waals surface area contributed by atoms with Crippen LogP contribution < -0.4 is 0 Å². The highest BCUT2D eigenvalue weighted by Gasteiger charge is 2.23. The van der Waals surface area contributed by atoms with Crippen LogP contribution in [0, 0.1) is 0 Å². The summed E-state index contributed by atoms with van der Waals surface area (Å²) >= 11 is 0. The smallest absolute Gasteiger partial charge is 0.135 e. The van der Waals surface area contributed by atoms with Crippen LogP contribution >= 0.6 is 0 Å². The Bertz CT molecular complexity index is 2920. The van der Waals surface area contributed by atoms with Gasteiger partial charge in [-0.3, -0.25) is 0 Å². The van der Waals surface area contributed by atoms with Gasteiger partial charge in [0.05, 0.1) is 34.8 Å². The average Bonchev–Trinajstić information content (AvgIpc) is 3.69. The van der Waals surface area contributed by atoms with E-state index < -0.39 is 0 Å². The Morgan fingerprint density at radius 3 is 1.73 bits per heavy atom. The van der Waals surface area contributed by atoms with Gasteiger partial charge in [-0.25, -0.2) is 0 Å². The molecule has 0 aliphatic carbocycles. The lowest BCUT2D eigenvalue weighted by Crippen LogP contribution is -1.95. The van der Waals surface area contributed by atoms with Gasteiger partial charge in [-0.05, 0) is 95.6 Å². The van der Waals surface area contributed by atoms with Gasteiger partial charge in [-0.15, -0.1) is 0 Å². The minimum atomic E-state index is 0.365. The fourth-order valence-electron chi connectivity index (χ4n) is 7.97. The van der Waals surface area contributed by atoms with Gasteiger partial charge in [-0.1, -0.05) is 72.8 Å². The summed E-state index contributed by atoms with van der Waals surface area (Å²) in [6.07, 6.45) is 1.33. The van der Waals surface area contributed by atoms with Gasteiger partial charge in [0.15, 0.2) is 0 Å². The number of rotatable bonds is 5. The molecule has 1 atom stereocenters. The molecule has 1 unspecified atom stereocenters. The third-order valence-electron chi connectivity index (χ3n) is 10.3. The maximum atomic E-state index is 6.40. The number of para-hydroxylation sites is 3. The van der Waals surface area contributed by atoms with Crippen molar-refractivity contribution in [3.8, 4) is 22.5 Å². The number of aromatic nitrogens is 2. The predicted octanol–water partition coefficient (Wildman–Crippen LogP) is 11.4. The van der Waals surface area contributed by atoms with Crippen LogP contribution in [0.5, 0.6) is 0 Å². The normalized spacial score (nSPS) is 14.7. The fourth-order valence-corrected chi connectivity index (χ4v) is 7.97. The molecule has 0 spiro atoms. The highest BCUT2D eigenvalue weighted by atomic mass is 16.6. The highest BCUT2D eigenvalue weighted by molar-refractivity contribution is 6.12. The van der Waals surface area contributed by atoms with Gasteiger partial charge in [0.1, 0.15) is 11.2 Å². The van der Waals surface area contributed by atoms with E-state index in [1.54, 1.807) is 0 Å². The lowest BCUT2D eigenvalue weighted by molar-refractivity contribution is 0.407. The molecule has 0 amide bonds. The van der Waals surface area contributed by atoms with E-state index in [-0.39, 0.29) is 0 Å². The van der Waals surface area contributed by atoms with E-state index >= 15 is 0 Å². The number of epoxide rings is 1. The van der Waals surface area contributed by atoms with Crippen molar-refractivity contribution >= 4 is 65.6 Å². The van der Waals surface area contributed by atoms with E-state index in [1.807, 2.05) is 0 Å². The molecule has 10 aromatic rings. The van der Waals surface area contributed by atoms with Crippen molar-refractivity contribution in [2.24, 2.45) is 0 Å². The first-order valence-corrected chi connectivity index (χ1v) is 17.0. The zero-order chi connectivity index (χ0) is 32.1. The molecule has 0 N–H and O–H groups in total. The van der Waals surface area contributed by atoms with Crippen molar-refractivity contribution in [2.75, 3.05) is 6.61 Å². The first kappa shape index (κ1) is 26.9. The summed E-state index contributed by atoms with van der Waals surface area (Å²) in [7, 11) is 0. The molecule has 1 saturated heterocycles. The lowest BCUT2D eigenvalue weighted by atomic mass is 10.0. The summed E-state index contributed by atoms with van der Waals surface area (Å²) in [6, 6.07) is 54.9. The third kappa shape index (κ3) is 4.14. The quantitative estimate of drug-likeness (QED) is 0.177. The van der Waals surface area contributed by atoms with Crippen LogP contribution in [0.15, 0.2) is 156 Å². The Morgan fingerprint density at radius 1 is 0.449 bits per heavy atom. The predicted molar refractivity (Wildman–Crippen MR) is 201 cm³/mol. The number of furan rings is 1. The molecular weight excluding hydrogens is 601 g/mol. The standard InChI is InChI=1S/C45H30N2O2/c1-2-8-31(9-3-1)46-40-12-6-5-11-35(40)37-24-29(15-19-43(37)46)30-16-20-44-38(25-30)39-26-32(17-21-45(39)49-44)47-41-13-7-4-10-34(41)36-23-28(14-18-42(36)47)22-33-27-48-33/h1-21,23-26,33H,22,27H2. The molecule has 4 heterocycles. The zero-order valence-corrected chi connectivity index (χ0v) is 26.6. The van der Waals surface area contributed by atoms with E-state index in [0.29, 0.717) is 6.10 Å². The second kappa shape index (κ2) is 10.2.